The van der Waals surface area contributed by atoms with E-state index in [1.807, 2.05) is 0 Å². The molecule has 0 aliphatic heterocycles. The van der Waals surface area contributed by atoms with Crippen LogP contribution in [0.15, 0.2) is 36.5 Å². The lowest BCUT2D eigenvalue weighted by molar-refractivity contribution is 0.0569. The van der Waals surface area contributed by atoms with Crippen LogP contribution >= 0.6 is 0 Å². The highest BCUT2D eigenvalue weighted by Crippen LogP contribution is 2.17. The van der Waals surface area contributed by atoms with Crippen molar-refractivity contribution in [2.45, 2.75) is 13.1 Å². The highest BCUT2D eigenvalue weighted by Gasteiger charge is 2.07. The Bertz CT molecular complexity index is 499. The van der Waals surface area contributed by atoms with E-state index >= 15 is 0 Å². The number of nitrogens with one attached hydrogen (secondary N) is 1. The second-order valence-corrected chi connectivity index (χ2v) is 3.44. The van der Waals surface area contributed by atoms with Crippen molar-refractivity contribution in [1.29, 1.82) is 0 Å². The molecule has 2 rings (SSSR count). The quantitative estimate of drug-likeness (QED) is 0.862. The van der Waals surface area contributed by atoms with Gasteiger partial charge in [-0.15, -0.1) is 0 Å². The van der Waals surface area contributed by atoms with E-state index in [1.54, 1.807) is 24.3 Å². The summed E-state index contributed by atoms with van der Waals surface area (Å²) in [6.07, 6.45) is 1.19. The van der Waals surface area contributed by atoms with E-state index in [-0.39, 0.29) is 5.75 Å². The van der Waals surface area contributed by atoms with Crippen molar-refractivity contribution in [3.05, 3.63) is 42.1 Å². The van der Waals surface area contributed by atoms with E-state index in [2.05, 4.69) is 10.4 Å². The van der Waals surface area contributed by atoms with E-state index in [4.69, 9.17) is 0 Å². The number of phenols is 1. The summed E-state index contributed by atoms with van der Waals surface area (Å²) in [4.78, 5) is 0. The molecule has 2 aromatic rings. The normalized spacial score (nSPS) is 10.8. The Morgan fingerprint density at radius 3 is 2.71 bits per heavy atom. The first-order chi connectivity index (χ1) is 8.16. The van der Waals surface area contributed by atoms with Crippen molar-refractivity contribution in [3.63, 3.8) is 0 Å². The summed E-state index contributed by atoms with van der Waals surface area (Å²) in [6.45, 7) is -2.32. The van der Waals surface area contributed by atoms with Gasteiger partial charge in [-0.2, -0.15) is 13.9 Å². The van der Waals surface area contributed by atoms with Crippen molar-refractivity contribution in [2.75, 3.05) is 5.32 Å². The van der Waals surface area contributed by atoms with Crippen LogP contribution in [0.1, 0.15) is 12.1 Å². The minimum Gasteiger partial charge on any atom is -0.508 e. The zero-order valence-corrected chi connectivity index (χ0v) is 8.85. The lowest BCUT2D eigenvalue weighted by Gasteiger charge is -2.05. The third-order valence-electron chi connectivity index (χ3n) is 2.26. The van der Waals surface area contributed by atoms with Crippen LogP contribution < -0.4 is 5.32 Å². The summed E-state index contributed by atoms with van der Waals surface area (Å²) >= 11 is 0. The molecule has 0 atom stereocenters. The number of hydrogen-bond donors (Lipinski definition) is 2. The molecule has 2 N–H and O–H groups in total. The molecule has 0 fully saturated rings. The number of alkyl halides is 2. The number of anilines is 1. The molecule has 0 unspecified atom stereocenters. The topological polar surface area (TPSA) is 50.1 Å². The molecule has 0 saturated carbocycles. The Hall–Kier alpha value is -2.11. The fraction of sp³-hybridized carbons (Fsp3) is 0.182. The molecule has 4 nitrogen and oxygen atoms in total. The summed E-state index contributed by atoms with van der Waals surface area (Å²) in [5, 5.41) is 16.0. The Kier molecular flexibility index (Phi) is 3.22. The van der Waals surface area contributed by atoms with E-state index in [1.165, 1.54) is 12.3 Å². The van der Waals surface area contributed by atoms with Gasteiger partial charge in [-0.3, -0.25) is 0 Å². The van der Waals surface area contributed by atoms with E-state index in [0.717, 1.165) is 0 Å². The molecule has 90 valence electrons. The molecule has 0 amide bonds. The Labute approximate surface area is 96.5 Å². The third kappa shape index (κ3) is 2.72. The maximum absolute atomic E-state index is 12.2. The number of halogens is 2. The van der Waals surface area contributed by atoms with Gasteiger partial charge in [0.05, 0.1) is 0 Å². The van der Waals surface area contributed by atoms with Crippen molar-refractivity contribution < 1.29 is 13.9 Å². The molecule has 0 radical (unpaired) electrons. The number of hydrogen-bond acceptors (Lipinski definition) is 3. The van der Waals surface area contributed by atoms with Crippen molar-refractivity contribution in [2.24, 2.45) is 0 Å². The zero-order valence-electron chi connectivity index (χ0n) is 8.85. The maximum atomic E-state index is 12.2. The van der Waals surface area contributed by atoms with Crippen LogP contribution in [0.5, 0.6) is 5.75 Å². The van der Waals surface area contributed by atoms with E-state index < -0.39 is 6.55 Å². The number of nitrogens with zero attached hydrogens (tertiary/aromatic N) is 2. The SMILES string of the molecule is Oc1ccccc1CNc1ccn(C(F)F)n1. The average Bonchev–Trinajstić information content (AvgIpc) is 2.77. The summed E-state index contributed by atoms with van der Waals surface area (Å²) in [7, 11) is 0. The van der Waals surface area contributed by atoms with Gasteiger partial charge >= 0.3 is 6.55 Å². The first kappa shape index (κ1) is 11.4. The van der Waals surface area contributed by atoms with Gasteiger partial charge in [-0.05, 0) is 6.07 Å². The summed E-state index contributed by atoms with van der Waals surface area (Å²) in [5.41, 5.74) is 0.680. The Morgan fingerprint density at radius 1 is 1.29 bits per heavy atom. The van der Waals surface area contributed by atoms with Gasteiger partial charge in [0.2, 0.25) is 0 Å². The number of aromatic hydroxyl groups is 1. The minimum atomic E-state index is -2.64. The molecule has 0 bridgehead atoms. The number of rotatable bonds is 4. The molecule has 1 heterocycles. The van der Waals surface area contributed by atoms with Gasteiger partial charge in [0.25, 0.3) is 0 Å². The molecular formula is C11H11F2N3O. The summed E-state index contributed by atoms with van der Waals surface area (Å²) in [6, 6.07) is 8.26. The van der Waals surface area contributed by atoms with Gasteiger partial charge in [0.15, 0.2) is 0 Å². The zero-order chi connectivity index (χ0) is 12.3. The Morgan fingerprint density at radius 2 is 2.06 bits per heavy atom. The van der Waals surface area contributed by atoms with Gasteiger partial charge in [0.1, 0.15) is 11.6 Å². The van der Waals surface area contributed by atoms with Crippen LogP contribution in [-0.2, 0) is 6.54 Å². The standard InChI is InChI=1S/C11H11F2N3O/c12-11(13)16-6-5-10(15-16)14-7-8-3-1-2-4-9(8)17/h1-6,11,17H,7H2,(H,14,15). The molecular weight excluding hydrogens is 228 g/mol. The molecule has 0 aliphatic rings. The third-order valence-corrected chi connectivity index (χ3v) is 2.26. The molecule has 0 aliphatic carbocycles. The van der Waals surface area contributed by atoms with Gasteiger partial charge in [-0.25, -0.2) is 4.68 Å². The number of benzene rings is 1. The number of para-hydroxylation sites is 1. The van der Waals surface area contributed by atoms with Crippen LogP contribution in [0.4, 0.5) is 14.6 Å². The van der Waals surface area contributed by atoms with Crippen molar-refractivity contribution >= 4 is 5.82 Å². The average molecular weight is 239 g/mol. The molecule has 0 spiro atoms. The second-order valence-electron chi connectivity index (χ2n) is 3.44. The van der Waals surface area contributed by atoms with Gasteiger partial charge < -0.3 is 10.4 Å². The molecule has 17 heavy (non-hydrogen) atoms. The smallest absolute Gasteiger partial charge is 0.333 e. The van der Waals surface area contributed by atoms with Crippen LogP contribution in [0.25, 0.3) is 0 Å². The monoisotopic (exact) mass is 239 g/mol. The van der Waals surface area contributed by atoms with Crippen LogP contribution in [0, 0.1) is 0 Å². The van der Waals surface area contributed by atoms with Crippen LogP contribution in [0.3, 0.4) is 0 Å². The van der Waals surface area contributed by atoms with Crippen LogP contribution in [-0.4, -0.2) is 14.9 Å². The summed E-state index contributed by atoms with van der Waals surface area (Å²) in [5.74, 6) is 0.502. The van der Waals surface area contributed by atoms with E-state index in [0.29, 0.717) is 22.6 Å². The lowest BCUT2D eigenvalue weighted by atomic mass is 10.2. The first-order valence-corrected chi connectivity index (χ1v) is 5.01. The first-order valence-electron chi connectivity index (χ1n) is 5.01. The fourth-order valence-corrected chi connectivity index (χ4v) is 1.39. The molecule has 1 aromatic carbocycles. The summed E-state index contributed by atoms with van der Waals surface area (Å²) < 4.78 is 25.0. The van der Waals surface area contributed by atoms with E-state index in [9.17, 15) is 13.9 Å². The second kappa shape index (κ2) is 4.82. The fourth-order valence-electron chi connectivity index (χ4n) is 1.39. The minimum absolute atomic E-state index is 0.160. The highest BCUT2D eigenvalue weighted by molar-refractivity contribution is 5.38. The predicted molar refractivity (Wildman–Crippen MR) is 58.9 cm³/mol. The molecule has 6 heteroatoms. The maximum Gasteiger partial charge on any atom is 0.333 e. The highest BCUT2D eigenvalue weighted by atomic mass is 19.3. The Balaban J connectivity index is 2.00. The van der Waals surface area contributed by atoms with Crippen LogP contribution in [0.2, 0.25) is 0 Å². The van der Waals surface area contributed by atoms with Crippen molar-refractivity contribution in [1.82, 2.24) is 9.78 Å². The number of phenolic OH excluding ortho intramolecular Hbond substituents is 1. The largest absolute Gasteiger partial charge is 0.508 e. The van der Waals surface area contributed by atoms with Crippen molar-refractivity contribution in [3.8, 4) is 5.75 Å². The lowest BCUT2D eigenvalue weighted by Crippen LogP contribution is -2.03. The molecule has 1 aromatic heterocycles. The van der Waals surface area contributed by atoms with Gasteiger partial charge in [0, 0.05) is 24.4 Å². The number of aromatic nitrogens is 2. The van der Waals surface area contributed by atoms with Gasteiger partial charge in [-0.1, -0.05) is 18.2 Å². The molecule has 0 saturated heterocycles. The predicted octanol–water partition coefficient (Wildman–Crippen LogP) is 2.60.